The molecular formula is C21H17N3O6S3. The second-order valence-corrected chi connectivity index (χ2v) is 11.9. The van der Waals surface area contributed by atoms with Crippen LogP contribution in [-0.2, 0) is 14.4 Å². The summed E-state index contributed by atoms with van der Waals surface area (Å²) in [5.74, 6) is -3.05. The molecule has 2 aliphatic heterocycles. The molecule has 9 nitrogen and oxygen atoms in total. The predicted octanol–water partition coefficient (Wildman–Crippen LogP) is 3.27. The first kappa shape index (κ1) is 21.0. The van der Waals surface area contributed by atoms with Gasteiger partial charge >= 0.3 is 5.97 Å². The van der Waals surface area contributed by atoms with Crippen LogP contribution in [0, 0.1) is 43.7 Å². The molecule has 3 heterocycles. The third-order valence-electron chi connectivity index (χ3n) is 7.57. The quantitative estimate of drug-likeness (QED) is 0.281. The Balaban J connectivity index is 1.44. The van der Waals surface area contributed by atoms with E-state index in [0.717, 1.165) is 26.8 Å². The lowest BCUT2D eigenvalue weighted by atomic mass is 9.68. The Hall–Kier alpha value is -2.57. The number of amides is 2. The number of carbonyl (C=O) groups is 3. The number of hydrogen-bond acceptors (Lipinski definition) is 8. The highest BCUT2D eigenvalue weighted by atomic mass is 32.2. The zero-order chi connectivity index (χ0) is 23.2. The van der Waals surface area contributed by atoms with E-state index >= 15 is 0 Å². The van der Waals surface area contributed by atoms with Crippen LogP contribution in [-0.4, -0.2) is 49.5 Å². The van der Waals surface area contributed by atoms with Crippen molar-refractivity contribution in [2.24, 2.45) is 29.6 Å². The number of aromatic amines is 1. The second-order valence-electron chi connectivity index (χ2n) is 8.97. The smallest absolute Gasteiger partial charge is 0.323 e. The molecule has 0 spiro atoms. The molecule has 3 fully saturated rings. The molecule has 1 aromatic carbocycles. The molecule has 4 aliphatic rings. The van der Waals surface area contributed by atoms with Crippen molar-refractivity contribution in [2.45, 2.75) is 22.6 Å². The molecule has 0 unspecified atom stereocenters. The molecule has 2 amide bonds. The summed E-state index contributed by atoms with van der Waals surface area (Å²) < 4.78 is 0.645. The van der Waals surface area contributed by atoms with Crippen LogP contribution < -0.4 is 0 Å². The molecule has 2 saturated carbocycles. The van der Waals surface area contributed by atoms with Crippen molar-refractivity contribution >= 4 is 58.8 Å². The van der Waals surface area contributed by atoms with Gasteiger partial charge in [0.05, 0.1) is 21.8 Å². The van der Waals surface area contributed by atoms with E-state index in [-0.39, 0.29) is 46.4 Å². The predicted molar refractivity (Wildman–Crippen MR) is 121 cm³/mol. The van der Waals surface area contributed by atoms with Crippen LogP contribution in [0.5, 0.6) is 0 Å². The highest BCUT2D eigenvalue weighted by Crippen LogP contribution is 2.68. The number of carboxylic acids is 1. The molecule has 7 atom stereocenters. The number of carbonyl (C=O) groups excluding carboxylic acids is 2. The van der Waals surface area contributed by atoms with Gasteiger partial charge in [-0.1, -0.05) is 12.1 Å². The van der Waals surface area contributed by atoms with E-state index in [2.05, 4.69) is 4.98 Å². The maximum atomic E-state index is 13.1. The van der Waals surface area contributed by atoms with Gasteiger partial charge in [0.1, 0.15) is 6.54 Å². The van der Waals surface area contributed by atoms with Gasteiger partial charge in [-0.2, -0.15) is 0 Å². The average molecular weight is 504 g/mol. The van der Waals surface area contributed by atoms with Gasteiger partial charge in [0.15, 0.2) is 3.95 Å². The summed E-state index contributed by atoms with van der Waals surface area (Å²) >= 11 is 8.55. The number of imide groups is 1. The van der Waals surface area contributed by atoms with E-state index in [1.165, 1.54) is 23.5 Å². The van der Waals surface area contributed by atoms with Crippen LogP contribution >= 0.6 is 35.3 Å². The lowest BCUT2D eigenvalue weighted by Crippen LogP contribution is -2.42. The van der Waals surface area contributed by atoms with Crippen molar-refractivity contribution in [3.63, 3.8) is 0 Å². The number of nitrogens with zero attached hydrogens (tertiary/aromatic N) is 2. The first-order chi connectivity index (χ1) is 15.8. The Kier molecular flexibility index (Phi) is 4.59. The number of rotatable bonds is 4. The van der Waals surface area contributed by atoms with Crippen LogP contribution in [0.4, 0.5) is 5.69 Å². The normalized spacial score (nSPS) is 33.7. The number of thioether (sulfide) groups is 1. The Labute approximate surface area is 200 Å². The fourth-order valence-electron chi connectivity index (χ4n) is 6.55. The van der Waals surface area contributed by atoms with Gasteiger partial charge in [0.25, 0.3) is 5.69 Å². The van der Waals surface area contributed by atoms with Gasteiger partial charge in [-0.25, -0.2) is 0 Å². The number of H-pyrrole nitrogens is 1. The van der Waals surface area contributed by atoms with Crippen molar-refractivity contribution < 1.29 is 24.4 Å². The zero-order valence-electron chi connectivity index (χ0n) is 16.9. The summed E-state index contributed by atoms with van der Waals surface area (Å²) in [5.41, 5.74) is 0.932. The minimum atomic E-state index is -1.20. The fraction of sp³-hybridized carbons (Fsp3) is 0.429. The Morgan fingerprint density at radius 1 is 1.21 bits per heavy atom. The summed E-state index contributed by atoms with van der Waals surface area (Å²) in [5, 5.41) is 21.4. The summed E-state index contributed by atoms with van der Waals surface area (Å²) in [6.45, 7) is -0.598. The first-order valence-corrected chi connectivity index (χ1v) is 12.6. The number of thiazole rings is 1. The molecule has 2 aliphatic carbocycles. The van der Waals surface area contributed by atoms with Crippen molar-refractivity contribution in [2.75, 3.05) is 6.54 Å². The second kappa shape index (κ2) is 7.21. The number of fused-ring (bicyclic) bond motifs is 9. The average Bonchev–Trinajstić information content (AvgIpc) is 3.49. The molecule has 170 valence electrons. The van der Waals surface area contributed by atoms with Gasteiger partial charge in [-0.15, -0.1) is 23.1 Å². The highest BCUT2D eigenvalue weighted by Gasteiger charge is 2.69. The standard InChI is InChI=1S/C21H17N3O6S3/c25-11(26)6-23-19(27)14-9-5-10(15(14)20(23)28)16-13(9)12(17-18(32-16)22-21(31)33-17)7-1-3-8(4-2-7)24(29)30/h1-4,9-10,12-16H,5-6H2,(H,22,31)(H,25,26)/t9-,10-,12-,13-,14+,15-,16-/m1/s1. The number of benzene rings is 1. The Bertz CT molecular complexity index is 1290. The highest BCUT2D eigenvalue weighted by molar-refractivity contribution is 8.00. The molecule has 2 aromatic rings. The van der Waals surface area contributed by atoms with Crippen LogP contribution in [0.2, 0.25) is 0 Å². The molecule has 1 saturated heterocycles. The minimum absolute atomic E-state index is 0.0105. The number of nitro benzene ring substituents is 1. The third-order valence-corrected chi connectivity index (χ3v) is 10.5. The summed E-state index contributed by atoms with van der Waals surface area (Å²) in [6.07, 6.45) is 0.745. The number of non-ortho nitro benzene ring substituents is 1. The number of nitro groups is 1. The molecule has 0 radical (unpaired) electrons. The van der Waals surface area contributed by atoms with Crippen molar-refractivity contribution in [3.8, 4) is 0 Å². The monoisotopic (exact) mass is 503 g/mol. The van der Waals surface area contributed by atoms with Gasteiger partial charge in [0.2, 0.25) is 11.8 Å². The summed E-state index contributed by atoms with van der Waals surface area (Å²) in [6, 6.07) is 6.52. The van der Waals surface area contributed by atoms with Crippen molar-refractivity contribution in [3.05, 3.63) is 48.8 Å². The van der Waals surface area contributed by atoms with E-state index in [1.54, 1.807) is 23.9 Å². The maximum absolute atomic E-state index is 13.1. The molecular weight excluding hydrogens is 486 g/mol. The number of aliphatic carboxylic acids is 1. The van der Waals surface area contributed by atoms with E-state index in [4.69, 9.17) is 12.2 Å². The van der Waals surface area contributed by atoms with Crippen molar-refractivity contribution in [1.82, 2.24) is 9.88 Å². The fourth-order valence-corrected chi connectivity index (χ4v) is 9.88. The van der Waals surface area contributed by atoms with Crippen LogP contribution in [0.1, 0.15) is 22.8 Å². The third kappa shape index (κ3) is 2.90. The maximum Gasteiger partial charge on any atom is 0.323 e. The van der Waals surface area contributed by atoms with E-state index in [1.807, 2.05) is 0 Å². The van der Waals surface area contributed by atoms with Crippen LogP contribution in [0.15, 0.2) is 29.3 Å². The topological polar surface area (TPSA) is 134 Å². The Morgan fingerprint density at radius 2 is 1.88 bits per heavy atom. The number of hydrogen-bond donors (Lipinski definition) is 2. The lowest BCUT2D eigenvalue weighted by molar-refractivity contribution is -0.384. The van der Waals surface area contributed by atoms with Gasteiger partial charge in [0, 0.05) is 28.2 Å². The molecule has 2 N–H and O–H groups in total. The van der Waals surface area contributed by atoms with Gasteiger partial charge in [-0.05, 0) is 42.0 Å². The minimum Gasteiger partial charge on any atom is -0.480 e. The van der Waals surface area contributed by atoms with Gasteiger partial charge in [-0.3, -0.25) is 29.4 Å². The largest absolute Gasteiger partial charge is 0.480 e. The Morgan fingerprint density at radius 3 is 2.52 bits per heavy atom. The number of nitrogens with one attached hydrogen (secondary N) is 1. The van der Waals surface area contributed by atoms with E-state index in [9.17, 15) is 29.6 Å². The lowest BCUT2D eigenvalue weighted by Gasteiger charge is -2.43. The molecule has 6 rings (SSSR count). The number of carboxylic acid groups (broad SMARTS) is 1. The van der Waals surface area contributed by atoms with Gasteiger partial charge < -0.3 is 10.1 Å². The van der Waals surface area contributed by atoms with Crippen LogP contribution in [0.25, 0.3) is 0 Å². The summed E-state index contributed by atoms with van der Waals surface area (Å²) in [7, 11) is 0. The van der Waals surface area contributed by atoms with Crippen molar-refractivity contribution in [1.29, 1.82) is 0 Å². The molecule has 33 heavy (non-hydrogen) atoms. The van der Waals surface area contributed by atoms with E-state index < -0.39 is 29.3 Å². The zero-order valence-corrected chi connectivity index (χ0v) is 19.3. The molecule has 12 heteroatoms. The SMILES string of the molecule is O=C(O)CN1C(=O)[C@@H]2[C@H]3C[C@@H]([C@@H]2C1=O)[C@@H]1[C@@H](c2ccc([N+](=O)[O-])cc2)c2sc(=S)[nH]c2S[C@H]31. The summed E-state index contributed by atoms with van der Waals surface area (Å²) in [4.78, 5) is 53.4. The first-order valence-electron chi connectivity index (χ1n) is 10.5. The van der Waals surface area contributed by atoms with Crippen LogP contribution in [0.3, 0.4) is 0 Å². The number of likely N-dealkylation sites (tertiary alicyclic amines) is 1. The number of aromatic nitrogens is 1. The molecule has 1 aromatic heterocycles. The molecule has 2 bridgehead atoms. The van der Waals surface area contributed by atoms with E-state index in [0.29, 0.717) is 3.95 Å².